The molecule has 234 valence electrons. The van der Waals surface area contributed by atoms with Gasteiger partial charge in [0.2, 0.25) is 12.7 Å². The molecule has 2 aliphatic rings. The highest BCUT2D eigenvalue weighted by Crippen LogP contribution is 2.38. The van der Waals surface area contributed by atoms with Crippen LogP contribution in [0.5, 0.6) is 23.0 Å². The number of ether oxygens (including phenoxy) is 5. The topological polar surface area (TPSA) is 95.6 Å². The lowest BCUT2D eigenvalue weighted by atomic mass is 9.80. The monoisotopic (exact) mass is 606 g/mol. The minimum Gasteiger partial charge on any atom is -0.496 e. The van der Waals surface area contributed by atoms with E-state index in [0.29, 0.717) is 54.7 Å². The Bertz CT molecular complexity index is 1490. The molecule has 0 bridgehead atoms. The number of hydrogen-bond acceptors (Lipinski definition) is 7. The van der Waals surface area contributed by atoms with E-state index in [1.54, 1.807) is 36.3 Å². The molecule has 2 aliphatic heterocycles. The van der Waals surface area contributed by atoms with Gasteiger partial charge in [0, 0.05) is 37.2 Å². The summed E-state index contributed by atoms with van der Waals surface area (Å²) in [5.41, 5.74) is 1.41. The van der Waals surface area contributed by atoms with Crippen LogP contribution < -0.4 is 24.3 Å². The van der Waals surface area contributed by atoms with Crippen molar-refractivity contribution in [2.45, 2.75) is 51.7 Å². The molecule has 1 saturated heterocycles. The zero-order valence-corrected chi connectivity index (χ0v) is 25.6. The number of hydrogen-bond donors (Lipinski definition) is 1. The normalized spacial score (nSPS) is 17.6. The molecule has 0 radical (unpaired) electrons. The summed E-state index contributed by atoms with van der Waals surface area (Å²) in [6.45, 7) is 7.13. The highest BCUT2D eigenvalue weighted by atomic mass is 19.1. The highest BCUT2D eigenvalue weighted by molar-refractivity contribution is 5.78. The van der Waals surface area contributed by atoms with Gasteiger partial charge in [0.05, 0.1) is 20.1 Å². The Morgan fingerprint density at radius 2 is 1.82 bits per heavy atom. The van der Waals surface area contributed by atoms with E-state index in [9.17, 15) is 14.0 Å². The molecule has 10 heteroatoms. The molecule has 2 heterocycles. The number of nitrogens with one attached hydrogen (secondary N) is 1. The molecule has 0 spiro atoms. The minimum atomic E-state index is -0.621. The van der Waals surface area contributed by atoms with Crippen molar-refractivity contribution in [3.63, 3.8) is 0 Å². The lowest BCUT2D eigenvalue weighted by Gasteiger charge is -2.39. The average molecular weight is 607 g/mol. The van der Waals surface area contributed by atoms with Crippen molar-refractivity contribution < 1.29 is 37.7 Å². The Hall–Kier alpha value is -4.47. The van der Waals surface area contributed by atoms with Gasteiger partial charge in [-0.2, -0.15) is 0 Å². The Kier molecular flexibility index (Phi) is 9.46. The largest absolute Gasteiger partial charge is 0.496 e. The van der Waals surface area contributed by atoms with E-state index in [-0.39, 0.29) is 43.6 Å². The van der Waals surface area contributed by atoms with E-state index in [1.165, 1.54) is 6.07 Å². The third kappa shape index (κ3) is 7.72. The number of fused-ring (bicyclic) bond motifs is 1. The summed E-state index contributed by atoms with van der Waals surface area (Å²) in [6.07, 6.45) is 0.138. The van der Waals surface area contributed by atoms with Crippen molar-refractivity contribution >= 4 is 12.0 Å². The maximum atomic E-state index is 15.0. The molecule has 0 saturated carbocycles. The first-order valence-corrected chi connectivity index (χ1v) is 14.8. The average Bonchev–Trinajstić information content (AvgIpc) is 3.47. The van der Waals surface area contributed by atoms with E-state index >= 15 is 0 Å². The van der Waals surface area contributed by atoms with Crippen molar-refractivity contribution in [3.8, 4) is 23.0 Å². The number of amides is 2. The number of carbonyl (C=O) groups excluding carboxylic acids is 2. The van der Waals surface area contributed by atoms with E-state index in [2.05, 4.69) is 5.32 Å². The third-order valence-electron chi connectivity index (χ3n) is 7.71. The number of likely N-dealkylation sites (tertiary alicyclic amines) is 1. The Labute approximate surface area is 257 Å². The molecule has 1 fully saturated rings. The van der Waals surface area contributed by atoms with E-state index in [1.807, 2.05) is 51.1 Å². The fourth-order valence-electron chi connectivity index (χ4n) is 5.54. The van der Waals surface area contributed by atoms with Crippen LogP contribution in [-0.4, -0.2) is 56.1 Å². The van der Waals surface area contributed by atoms with Crippen LogP contribution in [0.3, 0.4) is 0 Å². The molecule has 3 aromatic carbocycles. The van der Waals surface area contributed by atoms with Crippen LogP contribution in [0.25, 0.3) is 0 Å². The second-order valence-corrected chi connectivity index (χ2v) is 12.0. The van der Waals surface area contributed by atoms with Crippen LogP contribution in [0, 0.1) is 11.7 Å². The van der Waals surface area contributed by atoms with Gasteiger partial charge in [0.25, 0.3) is 0 Å². The number of piperidine rings is 1. The highest BCUT2D eigenvalue weighted by Gasteiger charge is 2.35. The summed E-state index contributed by atoms with van der Waals surface area (Å²) < 4.78 is 43.0. The van der Waals surface area contributed by atoms with Crippen molar-refractivity contribution in [2.24, 2.45) is 5.92 Å². The van der Waals surface area contributed by atoms with Gasteiger partial charge in [-0.25, -0.2) is 9.18 Å². The number of halogens is 1. The summed E-state index contributed by atoms with van der Waals surface area (Å²) in [4.78, 5) is 27.5. The summed E-state index contributed by atoms with van der Waals surface area (Å²) in [5.74, 6) is 1.66. The SMILES string of the molecule is COc1ccccc1CNC(=O)Cc1cc([C@@H]2CCN(C(=O)OC(C)(C)C)C[C@@H]2COc2ccc3c(c2)OCO3)ccc1F. The maximum Gasteiger partial charge on any atom is 0.410 e. The molecule has 9 nitrogen and oxygen atoms in total. The standard InChI is InChI=1S/C34H39FN2O7/c1-34(2,3)44-33(39)37-14-13-27(25(19-37)20-41-26-10-12-30-31(17-26)43-21-42-30)22-9-11-28(35)24(15-22)16-32(38)36-18-23-7-5-6-8-29(23)40-4/h5-12,15,17,25,27H,13-14,16,18-21H2,1-4H3,(H,36,38)/t25-,27+/m1/s1. The lowest BCUT2D eigenvalue weighted by molar-refractivity contribution is -0.120. The van der Waals surface area contributed by atoms with Crippen LogP contribution in [0.1, 0.15) is 49.8 Å². The fourth-order valence-corrected chi connectivity index (χ4v) is 5.54. The second-order valence-electron chi connectivity index (χ2n) is 12.0. The molecular weight excluding hydrogens is 567 g/mol. The van der Waals surface area contributed by atoms with E-state index in [0.717, 1.165) is 11.1 Å². The van der Waals surface area contributed by atoms with Gasteiger partial charge >= 0.3 is 6.09 Å². The quantitative estimate of drug-likeness (QED) is 0.327. The Morgan fingerprint density at radius 3 is 2.61 bits per heavy atom. The molecule has 5 rings (SSSR count). The first-order chi connectivity index (χ1) is 21.1. The van der Waals surface area contributed by atoms with Crippen molar-refractivity contribution in [2.75, 3.05) is 33.6 Å². The molecule has 44 heavy (non-hydrogen) atoms. The van der Waals surface area contributed by atoms with E-state index in [4.69, 9.17) is 23.7 Å². The van der Waals surface area contributed by atoms with Crippen molar-refractivity contribution in [1.82, 2.24) is 10.2 Å². The molecule has 0 unspecified atom stereocenters. The minimum absolute atomic E-state index is 0.0429. The van der Waals surface area contributed by atoms with Gasteiger partial charge in [-0.1, -0.05) is 30.3 Å². The summed E-state index contributed by atoms with van der Waals surface area (Å²) >= 11 is 0. The third-order valence-corrected chi connectivity index (χ3v) is 7.71. The summed E-state index contributed by atoms with van der Waals surface area (Å²) in [5, 5.41) is 2.87. The maximum absolute atomic E-state index is 15.0. The van der Waals surface area contributed by atoms with E-state index < -0.39 is 11.4 Å². The Morgan fingerprint density at radius 1 is 1.02 bits per heavy atom. The van der Waals surface area contributed by atoms with Gasteiger partial charge in [-0.05, 0) is 68.5 Å². The molecule has 2 amide bonds. The number of methoxy groups -OCH3 is 1. The molecule has 3 aromatic rings. The molecule has 1 N–H and O–H groups in total. The predicted octanol–water partition coefficient (Wildman–Crippen LogP) is 5.84. The number of carbonyl (C=O) groups is 2. The Balaban J connectivity index is 1.30. The molecule has 0 aromatic heterocycles. The zero-order valence-electron chi connectivity index (χ0n) is 25.6. The van der Waals surface area contributed by atoms with Gasteiger partial charge in [-0.3, -0.25) is 4.79 Å². The number of benzene rings is 3. The van der Waals surface area contributed by atoms with Gasteiger partial charge in [-0.15, -0.1) is 0 Å². The number of nitrogens with zero attached hydrogens (tertiary/aromatic N) is 1. The van der Waals surface area contributed by atoms with Crippen molar-refractivity contribution in [3.05, 3.63) is 83.2 Å². The van der Waals surface area contributed by atoms with Crippen LogP contribution in [0.15, 0.2) is 60.7 Å². The van der Waals surface area contributed by atoms with Crippen molar-refractivity contribution in [1.29, 1.82) is 0 Å². The molecule has 2 atom stereocenters. The van der Waals surface area contributed by atoms with Crippen LogP contribution >= 0.6 is 0 Å². The fraction of sp³-hybridized carbons (Fsp3) is 0.412. The summed E-state index contributed by atoms with van der Waals surface area (Å²) in [6, 6.07) is 17.8. The smallest absolute Gasteiger partial charge is 0.410 e. The summed E-state index contributed by atoms with van der Waals surface area (Å²) in [7, 11) is 1.58. The second kappa shape index (κ2) is 13.4. The zero-order chi connectivity index (χ0) is 31.3. The number of rotatable bonds is 9. The van der Waals surface area contributed by atoms with Crippen LogP contribution in [0.4, 0.5) is 9.18 Å². The van der Waals surface area contributed by atoms with Crippen LogP contribution in [0.2, 0.25) is 0 Å². The van der Waals surface area contributed by atoms with Crippen LogP contribution in [-0.2, 0) is 22.5 Å². The van der Waals surface area contributed by atoms with Gasteiger partial charge in [0.15, 0.2) is 11.5 Å². The number of para-hydroxylation sites is 1. The lowest BCUT2D eigenvalue weighted by Crippen LogP contribution is -2.46. The van der Waals surface area contributed by atoms with Gasteiger partial charge in [0.1, 0.15) is 22.9 Å². The first-order valence-electron chi connectivity index (χ1n) is 14.8. The molecular formula is C34H39FN2O7. The predicted molar refractivity (Wildman–Crippen MR) is 162 cm³/mol. The molecule has 0 aliphatic carbocycles. The van der Waals surface area contributed by atoms with Gasteiger partial charge < -0.3 is 33.9 Å². The first kappa shape index (κ1) is 31.0.